The van der Waals surface area contributed by atoms with Gasteiger partial charge < -0.3 is 9.50 Å². The Bertz CT molecular complexity index is 789. The van der Waals surface area contributed by atoms with E-state index in [1.54, 1.807) is 12.1 Å². The highest BCUT2D eigenvalue weighted by atomic mass is 79.9. The molecule has 1 amide bonds. The molecular weight excluding hydrogens is 408 g/mol. The number of carbonyl (C=O) groups is 1. The summed E-state index contributed by atoms with van der Waals surface area (Å²) in [6.07, 6.45) is 7.20. The van der Waals surface area contributed by atoms with Gasteiger partial charge in [0.25, 0.3) is 5.91 Å². The third-order valence-electron chi connectivity index (χ3n) is 5.82. The molecule has 1 aromatic rings. The molecule has 4 bridgehead atoms. The molecule has 6 nitrogen and oxygen atoms in total. The van der Waals surface area contributed by atoms with Crippen molar-refractivity contribution in [2.45, 2.75) is 44.1 Å². The molecule has 1 aromatic carbocycles. The van der Waals surface area contributed by atoms with E-state index in [0.29, 0.717) is 10.0 Å². The average molecular weight is 429 g/mol. The highest BCUT2D eigenvalue weighted by molar-refractivity contribution is 9.10. The minimum absolute atomic E-state index is 0.0614. The summed E-state index contributed by atoms with van der Waals surface area (Å²) in [6, 6.07) is 4.56. The van der Waals surface area contributed by atoms with Gasteiger partial charge in [-0.3, -0.25) is 4.79 Å². The number of hydrogen-bond donors (Lipinski definition) is 2. The van der Waals surface area contributed by atoms with Crippen LogP contribution in [0.25, 0.3) is 0 Å². The van der Waals surface area contributed by atoms with Crippen LogP contribution in [0.5, 0.6) is 5.75 Å². The Morgan fingerprint density at radius 2 is 1.72 bits per heavy atom. The van der Waals surface area contributed by atoms with Gasteiger partial charge in [0.2, 0.25) is 0 Å². The van der Waals surface area contributed by atoms with Crippen LogP contribution in [-0.4, -0.2) is 19.9 Å². The molecular formula is C17H21BrN2O4S. The number of nitrogens with two attached hydrogens (primary N) is 1. The maximum Gasteiger partial charge on any atom is 0.380 e. The first-order chi connectivity index (χ1) is 11.7. The Labute approximate surface area is 155 Å². The smallest absolute Gasteiger partial charge is 0.370 e. The summed E-state index contributed by atoms with van der Waals surface area (Å²) in [5.74, 6) is 2.20. The maximum absolute atomic E-state index is 12.8. The van der Waals surface area contributed by atoms with Gasteiger partial charge in [0.1, 0.15) is 0 Å². The van der Waals surface area contributed by atoms with Gasteiger partial charge in [-0.15, -0.1) is 0 Å². The summed E-state index contributed by atoms with van der Waals surface area (Å²) in [6.45, 7) is 0. The predicted octanol–water partition coefficient (Wildman–Crippen LogP) is 2.73. The van der Waals surface area contributed by atoms with Gasteiger partial charge >= 0.3 is 10.3 Å². The SMILES string of the molecule is NS(=O)(=O)Oc1ccc(C(=O)NC23CC4CC(CC(C4)C2)C3)cc1Br. The molecule has 5 rings (SSSR count). The van der Waals surface area contributed by atoms with Crippen LogP contribution < -0.4 is 14.6 Å². The molecule has 0 aliphatic heterocycles. The highest BCUT2D eigenvalue weighted by Gasteiger charge is 2.51. The third-order valence-corrected chi connectivity index (χ3v) is 6.85. The molecule has 0 radical (unpaired) electrons. The zero-order valence-corrected chi connectivity index (χ0v) is 16.1. The molecule has 0 saturated heterocycles. The van der Waals surface area contributed by atoms with Crippen molar-refractivity contribution < 1.29 is 17.4 Å². The number of halogens is 1. The number of rotatable bonds is 4. The van der Waals surface area contributed by atoms with Crippen molar-refractivity contribution in [2.24, 2.45) is 22.9 Å². The second-order valence-corrected chi connectivity index (χ2v) is 9.88. The van der Waals surface area contributed by atoms with Crippen LogP contribution in [0.15, 0.2) is 22.7 Å². The monoisotopic (exact) mass is 428 g/mol. The lowest BCUT2D eigenvalue weighted by atomic mass is 9.53. The fraction of sp³-hybridized carbons (Fsp3) is 0.588. The first-order valence-corrected chi connectivity index (χ1v) is 10.8. The van der Waals surface area contributed by atoms with Crippen LogP contribution in [0.3, 0.4) is 0 Å². The standard InChI is InChI=1S/C17H21BrN2O4S/c18-14-6-13(1-2-15(14)24-25(19,22)23)16(21)20-17-7-10-3-11(8-17)5-12(4-10)9-17/h1-2,6,10-12H,3-5,7-9H2,(H,20,21)(H2,19,22,23). The lowest BCUT2D eigenvalue weighted by molar-refractivity contribution is -0.0167. The fourth-order valence-corrected chi connectivity index (χ4v) is 6.37. The zero-order chi connectivity index (χ0) is 17.8. The van der Waals surface area contributed by atoms with Gasteiger partial charge in [0.15, 0.2) is 5.75 Å². The number of nitrogens with one attached hydrogen (secondary N) is 1. The first kappa shape index (κ1) is 17.3. The second kappa shape index (κ2) is 5.96. The normalized spacial score (nSPS) is 33.3. The van der Waals surface area contributed by atoms with Gasteiger partial charge in [0.05, 0.1) is 4.47 Å². The largest absolute Gasteiger partial charge is 0.380 e. The zero-order valence-electron chi connectivity index (χ0n) is 13.7. The van der Waals surface area contributed by atoms with Crippen LogP contribution in [0.4, 0.5) is 0 Å². The minimum atomic E-state index is -4.10. The van der Waals surface area contributed by atoms with Gasteiger partial charge in [-0.25, -0.2) is 0 Å². The molecule has 4 saturated carbocycles. The Hall–Kier alpha value is -1.12. The predicted molar refractivity (Wildman–Crippen MR) is 96.2 cm³/mol. The molecule has 0 aromatic heterocycles. The van der Waals surface area contributed by atoms with E-state index in [0.717, 1.165) is 37.0 Å². The van der Waals surface area contributed by atoms with Crippen LogP contribution in [0, 0.1) is 17.8 Å². The molecule has 3 N–H and O–H groups in total. The quantitative estimate of drug-likeness (QED) is 0.769. The molecule has 25 heavy (non-hydrogen) atoms. The molecule has 4 aliphatic rings. The lowest BCUT2D eigenvalue weighted by Gasteiger charge is -2.56. The van der Waals surface area contributed by atoms with Crippen molar-refractivity contribution in [3.05, 3.63) is 28.2 Å². The van der Waals surface area contributed by atoms with Crippen molar-refractivity contribution in [1.29, 1.82) is 0 Å². The molecule has 4 aliphatic carbocycles. The Balaban J connectivity index is 1.51. The van der Waals surface area contributed by atoms with Crippen LogP contribution in [0.2, 0.25) is 0 Å². The summed E-state index contributed by atoms with van der Waals surface area (Å²) in [4.78, 5) is 12.8. The van der Waals surface area contributed by atoms with E-state index in [1.807, 2.05) is 0 Å². The maximum atomic E-state index is 12.8. The van der Waals surface area contributed by atoms with Crippen molar-refractivity contribution >= 4 is 32.1 Å². The summed E-state index contributed by atoms with van der Waals surface area (Å²) >= 11 is 3.24. The number of hydrogen-bond acceptors (Lipinski definition) is 4. The fourth-order valence-electron chi connectivity index (χ4n) is 5.41. The van der Waals surface area contributed by atoms with Crippen molar-refractivity contribution in [3.8, 4) is 5.75 Å². The molecule has 0 atom stereocenters. The van der Waals surface area contributed by atoms with E-state index in [2.05, 4.69) is 25.4 Å². The van der Waals surface area contributed by atoms with Crippen molar-refractivity contribution in [2.75, 3.05) is 0 Å². The molecule has 0 heterocycles. The topological polar surface area (TPSA) is 98.5 Å². The molecule has 0 unspecified atom stereocenters. The molecule has 8 heteroatoms. The number of amides is 1. The Kier molecular flexibility index (Phi) is 4.12. The van der Waals surface area contributed by atoms with Crippen LogP contribution in [-0.2, 0) is 10.3 Å². The highest BCUT2D eigenvalue weighted by Crippen LogP contribution is 2.55. The van der Waals surface area contributed by atoms with Crippen molar-refractivity contribution in [3.63, 3.8) is 0 Å². The van der Waals surface area contributed by atoms with E-state index in [1.165, 1.54) is 25.3 Å². The van der Waals surface area contributed by atoms with Crippen molar-refractivity contribution in [1.82, 2.24) is 5.32 Å². The van der Waals surface area contributed by atoms with Gasteiger partial charge in [0, 0.05) is 11.1 Å². The number of benzene rings is 1. The summed E-state index contributed by atoms with van der Waals surface area (Å²) in [7, 11) is -4.10. The average Bonchev–Trinajstić information content (AvgIpc) is 2.46. The summed E-state index contributed by atoms with van der Waals surface area (Å²) < 4.78 is 27.1. The lowest BCUT2D eigenvalue weighted by Crippen LogP contribution is -2.59. The van der Waals surface area contributed by atoms with Crippen LogP contribution >= 0.6 is 15.9 Å². The van der Waals surface area contributed by atoms with Gasteiger partial charge in [-0.2, -0.15) is 13.6 Å². The van der Waals surface area contributed by atoms with E-state index >= 15 is 0 Å². The molecule has 136 valence electrons. The Morgan fingerprint density at radius 3 is 2.20 bits per heavy atom. The first-order valence-electron chi connectivity index (χ1n) is 8.56. The van der Waals surface area contributed by atoms with E-state index in [9.17, 15) is 13.2 Å². The van der Waals surface area contributed by atoms with Crippen LogP contribution in [0.1, 0.15) is 48.9 Å². The van der Waals surface area contributed by atoms with E-state index in [4.69, 9.17) is 5.14 Å². The minimum Gasteiger partial charge on any atom is -0.370 e. The number of carbonyl (C=O) groups excluding carboxylic acids is 1. The summed E-state index contributed by atoms with van der Waals surface area (Å²) in [5, 5.41) is 8.17. The van der Waals surface area contributed by atoms with Gasteiger partial charge in [-0.05, 0) is 90.4 Å². The molecule has 4 fully saturated rings. The second-order valence-electron chi connectivity index (χ2n) is 7.87. The third kappa shape index (κ3) is 3.57. The van der Waals surface area contributed by atoms with E-state index < -0.39 is 10.3 Å². The Morgan fingerprint density at radius 1 is 1.16 bits per heavy atom. The molecule has 0 spiro atoms. The summed E-state index contributed by atoms with van der Waals surface area (Å²) in [5.41, 5.74) is 0.415. The van der Waals surface area contributed by atoms with E-state index in [-0.39, 0.29) is 17.2 Å². The van der Waals surface area contributed by atoms with Gasteiger partial charge in [-0.1, -0.05) is 0 Å².